The lowest BCUT2D eigenvalue weighted by Gasteiger charge is -1.92. The number of nitro groups is 1. The van der Waals surface area contributed by atoms with Crippen molar-refractivity contribution in [1.82, 2.24) is 0 Å². The first kappa shape index (κ1) is 12.0. The van der Waals surface area contributed by atoms with Gasteiger partial charge in [0.2, 0.25) is 0 Å². The Hall–Kier alpha value is -2.11. The molecular weight excluding hydrogens is 210 g/mol. The third-order valence-electron chi connectivity index (χ3n) is 1.83. The lowest BCUT2D eigenvalue weighted by atomic mass is 10.3. The zero-order valence-corrected chi connectivity index (χ0v) is 8.57. The van der Waals surface area contributed by atoms with Crippen molar-refractivity contribution >= 4 is 17.7 Å². The van der Waals surface area contributed by atoms with Gasteiger partial charge in [0.25, 0.3) is 5.69 Å². The number of aldehydes is 1. The monoisotopic (exact) mass is 221 g/mol. The number of hydrogen-bond acceptors (Lipinski definition) is 5. The number of rotatable bonds is 6. The van der Waals surface area contributed by atoms with E-state index in [4.69, 9.17) is 0 Å². The number of benzene rings is 1. The third kappa shape index (κ3) is 3.95. The molecule has 0 saturated carbocycles. The molecule has 0 aliphatic rings. The quantitative estimate of drug-likeness (QED) is 0.243. The summed E-state index contributed by atoms with van der Waals surface area (Å²) >= 11 is 0. The first-order chi connectivity index (χ1) is 7.74. The smallest absolute Gasteiger partial charge is 0.269 e. The molecule has 0 atom stereocenters. The van der Waals surface area contributed by atoms with E-state index in [2.05, 4.69) is 10.2 Å². The van der Waals surface area contributed by atoms with Crippen LogP contribution in [0.3, 0.4) is 0 Å². The van der Waals surface area contributed by atoms with Gasteiger partial charge < -0.3 is 4.79 Å². The van der Waals surface area contributed by atoms with Gasteiger partial charge >= 0.3 is 0 Å². The Labute approximate surface area is 92.2 Å². The lowest BCUT2D eigenvalue weighted by Crippen LogP contribution is -1.85. The van der Waals surface area contributed by atoms with Gasteiger partial charge in [-0.2, -0.15) is 10.2 Å². The number of nitro benzene ring substituents is 1. The highest BCUT2D eigenvalue weighted by Crippen LogP contribution is 2.17. The lowest BCUT2D eigenvalue weighted by molar-refractivity contribution is -0.384. The minimum atomic E-state index is -0.467. The molecule has 6 heteroatoms. The van der Waals surface area contributed by atoms with E-state index in [1.807, 2.05) is 0 Å². The standard InChI is InChI=1S/C10H11N3O3/c14-8-2-1-7-11-12-9-3-5-10(6-4-9)13(15)16/h3-6,8H,1-2,7H2. The van der Waals surface area contributed by atoms with Gasteiger partial charge in [0.05, 0.1) is 17.2 Å². The summed E-state index contributed by atoms with van der Waals surface area (Å²) in [6, 6.07) is 5.81. The molecule has 0 amide bonds. The van der Waals surface area contributed by atoms with Gasteiger partial charge in [0.1, 0.15) is 6.29 Å². The molecular formula is C10H11N3O3. The number of non-ortho nitro benzene ring substituents is 1. The minimum absolute atomic E-state index is 0.0277. The van der Waals surface area contributed by atoms with E-state index in [0.29, 0.717) is 25.1 Å². The predicted octanol–water partition coefficient (Wildman–Crippen LogP) is 2.66. The molecule has 0 radical (unpaired) electrons. The van der Waals surface area contributed by atoms with E-state index in [-0.39, 0.29) is 5.69 Å². The van der Waals surface area contributed by atoms with Crippen LogP contribution in [0.15, 0.2) is 34.5 Å². The van der Waals surface area contributed by atoms with Gasteiger partial charge in [0.15, 0.2) is 0 Å². The Balaban J connectivity index is 2.48. The average Bonchev–Trinajstić information content (AvgIpc) is 2.29. The zero-order valence-electron chi connectivity index (χ0n) is 8.57. The third-order valence-corrected chi connectivity index (χ3v) is 1.83. The number of hydrogen-bond donors (Lipinski definition) is 0. The first-order valence-corrected chi connectivity index (χ1v) is 4.79. The second-order valence-electron chi connectivity index (χ2n) is 3.05. The van der Waals surface area contributed by atoms with E-state index in [9.17, 15) is 14.9 Å². The summed E-state index contributed by atoms with van der Waals surface area (Å²) < 4.78 is 0. The van der Waals surface area contributed by atoms with E-state index in [1.54, 1.807) is 0 Å². The molecule has 6 nitrogen and oxygen atoms in total. The number of unbranched alkanes of at least 4 members (excludes halogenated alkanes) is 1. The highest BCUT2D eigenvalue weighted by Gasteiger charge is 2.02. The predicted molar refractivity (Wildman–Crippen MR) is 57.8 cm³/mol. The van der Waals surface area contributed by atoms with Crippen molar-refractivity contribution < 1.29 is 9.72 Å². The van der Waals surface area contributed by atoms with Crippen LogP contribution in [0.25, 0.3) is 0 Å². The van der Waals surface area contributed by atoms with Crippen molar-refractivity contribution in [2.75, 3.05) is 6.54 Å². The minimum Gasteiger partial charge on any atom is -0.303 e. The van der Waals surface area contributed by atoms with E-state index >= 15 is 0 Å². The van der Waals surface area contributed by atoms with Crippen molar-refractivity contribution in [1.29, 1.82) is 0 Å². The fraction of sp³-hybridized carbons (Fsp3) is 0.300. The van der Waals surface area contributed by atoms with Crippen LogP contribution in [0.5, 0.6) is 0 Å². The summed E-state index contributed by atoms with van der Waals surface area (Å²) in [5, 5.41) is 18.1. The van der Waals surface area contributed by atoms with Crippen LogP contribution >= 0.6 is 0 Å². The Morgan fingerprint density at radius 3 is 2.56 bits per heavy atom. The van der Waals surface area contributed by atoms with Crippen LogP contribution in [-0.4, -0.2) is 17.8 Å². The molecule has 0 N–H and O–H groups in total. The Bertz CT molecular complexity index is 387. The topological polar surface area (TPSA) is 84.9 Å². The van der Waals surface area contributed by atoms with Gasteiger partial charge in [-0.25, -0.2) is 0 Å². The van der Waals surface area contributed by atoms with E-state index in [0.717, 1.165) is 6.29 Å². The normalized spacial score (nSPS) is 10.5. The maximum atomic E-state index is 10.4. The molecule has 0 bridgehead atoms. The number of azo groups is 1. The van der Waals surface area contributed by atoms with Crippen LogP contribution < -0.4 is 0 Å². The summed E-state index contributed by atoms with van der Waals surface area (Å²) in [6.45, 7) is 0.482. The number of carbonyl (C=O) groups is 1. The molecule has 0 aromatic heterocycles. The van der Waals surface area contributed by atoms with Crippen molar-refractivity contribution in [3.8, 4) is 0 Å². The van der Waals surface area contributed by atoms with Crippen molar-refractivity contribution in [3.05, 3.63) is 34.4 Å². The van der Waals surface area contributed by atoms with E-state index < -0.39 is 4.92 Å². The van der Waals surface area contributed by atoms with Crippen LogP contribution in [0.1, 0.15) is 12.8 Å². The van der Waals surface area contributed by atoms with Crippen molar-refractivity contribution in [2.45, 2.75) is 12.8 Å². The molecule has 0 fully saturated rings. The second-order valence-corrected chi connectivity index (χ2v) is 3.05. The molecule has 0 spiro atoms. The number of nitrogens with zero attached hydrogens (tertiary/aromatic N) is 3. The molecule has 0 unspecified atom stereocenters. The fourth-order valence-electron chi connectivity index (χ4n) is 1.02. The summed E-state index contributed by atoms with van der Waals surface area (Å²) in [7, 11) is 0. The van der Waals surface area contributed by atoms with Crippen LogP contribution in [0, 0.1) is 10.1 Å². The maximum absolute atomic E-state index is 10.4. The molecule has 0 saturated heterocycles. The first-order valence-electron chi connectivity index (χ1n) is 4.79. The number of carbonyl (C=O) groups excluding carboxylic acids is 1. The highest BCUT2D eigenvalue weighted by molar-refractivity contribution is 5.49. The van der Waals surface area contributed by atoms with Crippen LogP contribution in [0.4, 0.5) is 11.4 Å². The molecule has 0 heterocycles. The summed E-state index contributed by atoms with van der Waals surface area (Å²) in [6.07, 6.45) is 1.97. The molecule has 0 aliphatic carbocycles. The fourth-order valence-corrected chi connectivity index (χ4v) is 1.02. The van der Waals surface area contributed by atoms with Gasteiger partial charge in [-0.1, -0.05) is 0 Å². The van der Waals surface area contributed by atoms with Gasteiger partial charge in [-0.3, -0.25) is 10.1 Å². The van der Waals surface area contributed by atoms with Crippen LogP contribution in [-0.2, 0) is 4.79 Å². The molecule has 1 rings (SSSR count). The van der Waals surface area contributed by atoms with Gasteiger partial charge in [-0.15, -0.1) is 0 Å². The molecule has 0 aliphatic heterocycles. The second kappa shape index (κ2) is 6.39. The molecule has 84 valence electrons. The average molecular weight is 221 g/mol. The molecule has 1 aromatic carbocycles. The maximum Gasteiger partial charge on any atom is 0.269 e. The van der Waals surface area contributed by atoms with Gasteiger partial charge in [0, 0.05) is 18.6 Å². The van der Waals surface area contributed by atoms with Crippen molar-refractivity contribution in [2.24, 2.45) is 10.2 Å². The molecule has 1 aromatic rings. The highest BCUT2D eigenvalue weighted by atomic mass is 16.6. The summed E-state index contributed by atoms with van der Waals surface area (Å²) in [4.78, 5) is 19.9. The van der Waals surface area contributed by atoms with Gasteiger partial charge in [-0.05, 0) is 18.6 Å². The molecule has 16 heavy (non-hydrogen) atoms. The van der Waals surface area contributed by atoms with Crippen molar-refractivity contribution in [3.63, 3.8) is 0 Å². The van der Waals surface area contributed by atoms with E-state index in [1.165, 1.54) is 24.3 Å². The largest absolute Gasteiger partial charge is 0.303 e. The van der Waals surface area contributed by atoms with Crippen LogP contribution in [0.2, 0.25) is 0 Å². The summed E-state index contributed by atoms with van der Waals surface area (Å²) in [5.41, 5.74) is 0.594. The summed E-state index contributed by atoms with van der Waals surface area (Å²) in [5.74, 6) is 0. The SMILES string of the molecule is O=CCCCN=Nc1ccc([N+](=O)[O-])cc1. The Morgan fingerprint density at radius 1 is 1.31 bits per heavy atom. The Morgan fingerprint density at radius 2 is 2.00 bits per heavy atom. The zero-order chi connectivity index (χ0) is 11.8. The Kier molecular flexibility index (Phi) is 4.78.